The molecule has 7 nitrogen and oxygen atoms in total. The lowest BCUT2D eigenvalue weighted by atomic mass is 10.1. The number of carbonyl (C=O) groups is 1. The molecule has 0 bridgehead atoms. The number of hydrogen-bond acceptors (Lipinski definition) is 6. The van der Waals surface area contributed by atoms with Gasteiger partial charge in [-0.3, -0.25) is 4.79 Å². The van der Waals surface area contributed by atoms with Crippen molar-refractivity contribution in [3.05, 3.63) is 96.1 Å². The van der Waals surface area contributed by atoms with E-state index in [4.69, 9.17) is 9.47 Å². The number of aromatic nitrogens is 2. The Balaban J connectivity index is 1.95. The summed E-state index contributed by atoms with van der Waals surface area (Å²) in [6.45, 7) is 0. The number of benzene rings is 3. The second kappa shape index (κ2) is 8.87. The summed E-state index contributed by atoms with van der Waals surface area (Å²) in [5, 5.41) is 0. The van der Waals surface area contributed by atoms with E-state index in [2.05, 4.69) is 4.98 Å². The van der Waals surface area contributed by atoms with Gasteiger partial charge in [-0.05, 0) is 54.6 Å². The van der Waals surface area contributed by atoms with Gasteiger partial charge in [0.15, 0.2) is 17.3 Å². The molecule has 0 atom stereocenters. The van der Waals surface area contributed by atoms with Crippen molar-refractivity contribution in [2.75, 3.05) is 14.2 Å². The Hall–Kier alpha value is -3.98. The molecule has 0 unspecified atom stereocenters. The molecule has 33 heavy (non-hydrogen) atoms. The zero-order valence-electron chi connectivity index (χ0n) is 17.7. The molecule has 0 aliphatic carbocycles. The number of hydrogen-bond donors (Lipinski definition) is 0. The molecule has 1 heterocycles. The molecular weight excluding hydrogens is 447 g/mol. The summed E-state index contributed by atoms with van der Waals surface area (Å²) < 4.78 is 52.1. The maximum atomic E-state index is 13.6. The highest BCUT2D eigenvalue weighted by molar-refractivity contribution is 7.90. The lowest BCUT2D eigenvalue weighted by molar-refractivity contribution is 0.103. The van der Waals surface area contributed by atoms with Gasteiger partial charge in [0.25, 0.3) is 10.0 Å². The molecule has 1 aromatic heterocycles. The fraction of sp³-hybridized carbons (Fsp3) is 0.0833. The molecule has 0 N–H and O–H groups in total. The minimum atomic E-state index is -4.21. The molecule has 4 aromatic rings. The number of nitrogens with zero attached hydrogens (tertiary/aromatic N) is 2. The number of ether oxygens (including phenoxy) is 2. The molecule has 0 aliphatic heterocycles. The van der Waals surface area contributed by atoms with E-state index in [-0.39, 0.29) is 22.0 Å². The summed E-state index contributed by atoms with van der Waals surface area (Å²) >= 11 is 0. The van der Waals surface area contributed by atoms with E-state index in [1.807, 2.05) is 0 Å². The summed E-state index contributed by atoms with van der Waals surface area (Å²) in [6, 6.07) is 17.4. The Morgan fingerprint density at radius 1 is 0.909 bits per heavy atom. The zero-order valence-corrected chi connectivity index (χ0v) is 18.5. The van der Waals surface area contributed by atoms with Crippen LogP contribution in [0.1, 0.15) is 16.1 Å². The third kappa shape index (κ3) is 4.10. The van der Waals surface area contributed by atoms with Crippen molar-refractivity contribution < 1.29 is 27.1 Å². The normalized spacial score (nSPS) is 11.2. The van der Waals surface area contributed by atoms with Gasteiger partial charge in [-0.2, -0.15) is 0 Å². The summed E-state index contributed by atoms with van der Waals surface area (Å²) in [6.07, 6.45) is 1.19. The zero-order chi connectivity index (χ0) is 23.6. The molecule has 3 aromatic carbocycles. The molecule has 9 heteroatoms. The first kappa shape index (κ1) is 22.2. The van der Waals surface area contributed by atoms with Crippen LogP contribution in [0.3, 0.4) is 0 Å². The number of rotatable bonds is 7. The van der Waals surface area contributed by atoms with Gasteiger partial charge in [-0.1, -0.05) is 18.2 Å². The van der Waals surface area contributed by atoms with Crippen molar-refractivity contribution in [1.82, 2.24) is 8.96 Å². The Bertz CT molecular complexity index is 1420. The van der Waals surface area contributed by atoms with E-state index in [0.29, 0.717) is 17.1 Å². The molecule has 0 saturated carbocycles. The van der Waals surface area contributed by atoms with Crippen molar-refractivity contribution in [3.63, 3.8) is 0 Å². The number of halogens is 1. The molecule has 0 radical (unpaired) electrons. The van der Waals surface area contributed by atoms with Crippen LogP contribution >= 0.6 is 0 Å². The van der Waals surface area contributed by atoms with E-state index >= 15 is 0 Å². The summed E-state index contributed by atoms with van der Waals surface area (Å²) in [5.41, 5.74) is 0.334. The average Bonchev–Trinajstić information content (AvgIpc) is 3.30. The Morgan fingerprint density at radius 3 is 2.21 bits per heavy atom. The highest BCUT2D eigenvalue weighted by atomic mass is 32.2. The van der Waals surface area contributed by atoms with E-state index in [1.165, 1.54) is 44.7 Å². The lowest BCUT2D eigenvalue weighted by Gasteiger charge is -2.14. The maximum absolute atomic E-state index is 13.6. The molecule has 0 amide bonds. The highest BCUT2D eigenvalue weighted by Gasteiger charge is 2.29. The quantitative estimate of drug-likeness (QED) is 0.380. The fourth-order valence-electron chi connectivity index (χ4n) is 3.35. The van der Waals surface area contributed by atoms with Crippen molar-refractivity contribution in [2.24, 2.45) is 0 Å². The summed E-state index contributed by atoms with van der Waals surface area (Å²) in [5.74, 6) is -0.289. The minimum absolute atomic E-state index is 0.0158. The SMILES string of the molecule is COc1ccc(-c2ncc(C(=O)c3ccc(F)cc3)n2S(=O)(=O)c2ccccc2)cc1OC. The second-order valence-electron chi connectivity index (χ2n) is 6.96. The smallest absolute Gasteiger partial charge is 0.270 e. The van der Waals surface area contributed by atoms with Gasteiger partial charge < -0.3 is 9.47 Å². The largest absolute Gasteiger partial charge is 0.493 e. The van der Waals surface area contributed by atoms with Crippen LogP contribution in [-0.4, -0.2) is 37.4 Å². The molecule has 0 aliphatic rings. The van der Waals surface area contributed by atoms with Gasteiger partial charge in [0, 0.05) is 11.1 Å². The van der Waals surface area contributed by atoms with Gasteiger partial charge in [0.1, 0.15) is 11.5 Å². The Kier molecular flexibility index (Phi) is 5.97. The Morgan fingerprint density at radius 2 is 1.58 bits per heavy atom. The number of methoxy groups -OCH3 is 2. The average molecular weight is 466 g/mol. The summed E-state index contributed by atoms with van der Waals surface area (Å²) in [4.78, 5) is 17.5. The third-order valence-electron chi connectivity index (χ3n) is 4.98. The van der Waals surface area contributed by atoms with Crippen LogP contribution in [0.15, 0.2) is 83.9 Å². The van der Waals surface area contributed by atoms with Crippen molar-refractivity contribution in [2.45, 2.75) is 4.90 Å². The molecule has 0 saturated heterocycles. The van der Waals surface area contributed by atoms with Crippen LogP contribution in [0.5, 0.6) is 11.5 Å². The molecule has 0 fully saturated rings. The maximum Gasteiger partial charge on any atom is 0.270 e. The van der Waals surface area contributed by atoms with E-state index in [0.717, 1.165) is 16.1 Å². The predicted octanol–water partition coefficient (Wildman–Crippen LogP) is 4.17. The standard InChI is InChI=1S/C24H19FN2O5S/c1-31-21-13-10-17(14-22(21)32-2)24-26-15-20(23(28)16-8-11-18(25)12-9-16)27(24)33(29,30)19-6-4-3-5-7-19/h3-15H,1-2H3. The van der Waals surface area contributed by atoms with E-state index in [1.54, 1.807) is 36.4 Å². The summed E-state index contributed by atoms with van der Waals surface area (Å²) in [7, 11) is -1.27. The number of ketones is 1. The topological polar surface area (TPSA) is 87.5 Å². The van der Waals surface area contributed by atoms with Crippen LogP contribution < -0.4 is 9.47 Å². The second-order valence-corrected chi connectivity index (χ2v) is 8.74. The van der Waals surface area contributed by atoms with Crippen molar-refractivity contribution >= 4 is 15.8 Å². The van der Waals surface area contributed by atoms with Crippen molar-refractivity contribution in [1.29, 1.82) is 0 Å². The van der Waals surface area contributed by atoms with Gasteiger partial charge >= 0.3 is 0 Å². The monoisotopic (exact) mass is 466 g/mol. The lowest BCUT2D eigenvalue weighted by Crippen LogP contribution is -2.20. The Labute approximate surface area is 190 Å². The third-order valence-corrected chi connectivity index (χ3v) is 6.70. The van der Waals surface area contributed by atoms with Crippen molar-refractivity contribution in [3.8, 4) is 22.9 Å². The van der Waals surface area contributed by atoms with E-state index in [9.17, 15) is 17.6 Å². The van der Waals surface area contributed by atoms with Gasteiger partial charge in [0.2, 0.25) is 5.78 Å². The molecule has 168 valence electrons. The highest BCUT2D eigenvalue weighted by Crippen LogP contribution is 2.34. The number of imidazole rings is 1. The molecule has 4 rings (SSSR count). The fourth-order valence-corrected chi connectivity index (χ4v) is 4.83. The molecular formula is C24H19FN2O5S. The van der Waals surface area contributed by atoms with Crippen LogP contribution in [0.25, 0.3) is 11.4 Å². The van der Waals surface area contributed by atoms with Gasteiger partial charge in [-0.15, -0.1) is 0 Å². The first-order valence-electron chi connectivity index (χ1n) is 9.78. The van der Waals surface area contributed by atoms with Crippen LogP contribution in [0.4, 0.5) is 4.39 Å². The number of carbonyl (C=O) groups excluding carboxylic acids is 1. The van der Waals surface area contributed by atoms with Gasteiger partial charge in [0.05, 0.1) is 25.3 Å². The first-order valence-corrected chi connectivity index (χ1v) is 11.2. The first-order chi connectivity index (χ1) is 15.9. The van der Waals surface area contributed by atoms with Crippen LogP contribution in [0.2, 0.25) is 0 Å². The van der Waals surface area contributed by atoms with Gasteiger partial charge in [-0.25, -0.2) is 21.8 Å². The minimum Gasteiger partial charge on any atom is -0.493 e. The van der Waals surface area contributed by atoms with Crippen LogP contribution in [-0.2, 0) is 10.0 Å². The van der Waals surface area contributed by atoms with E-state index < -0.39 is 21.6 Å². The molecule has 0 spiro atoms. The predicted molar refractivity (Wildman–Crippen MR) is 120 cm³/mol. The van der Waals surface area contributed by atoms with Crippen LogP contribution in [0, 0.1) is 5.82 Å².